The summed E-state index contributed by atoms with van der Waals surface area (Å²) in [5, 5.41) is 6.40. The number of nitrogens with two attached hydrogens (primary N) is 1. The van der Waals surface area contributed by atoms with Crippen molar-refractivity contribution in [3.8, 4) is 0 Å². The van der Waals surface area contributed by atoms with Crippen molar-refractivity contribution in [3.05, 3.63) is 29.3 Å². The molecule has 0 saturated heterocycles. The van der Waals surface area contributed by atoms with Gasteiger partial charge in [0.05, 0.1) is 17.9 Å². The van der Waals surface area contributed by atoms with Crippen LogP contribution in [0.25, 0.3) is 0 Å². The highest BCUT2D eigenvalue weighted by molar-refractivity contribution is 6.06. The summed E-state index contributed by atoms with van der Waals surface area (Å²) in [5.74, 6) is -1.12. The van der Waals surface area contributed by atoms with Gasteiger partial charge in [-0.3, -0.25) is 0 Å². The predicted molar refractivity (Wildman–Crippen MR) is 104 cm³/mol. The summed E-state index contributed by atoms with van der Waals surface area (Å²) in [6.07, 6.45) is -0.407. The normalized spacial score (nSPS) is 11.5. The van der Waals surface area contributed by atoms with Gasteiger partial charge in [0, 0.05) is 31.1 Å². The Morgan fingerprint density at radius 2 is 1.89 bits per heavy atom. The quantitative estimate of drug-likeness (QED) is 0.239. The summed E-state index contributed by atoms with van der Waals surface area (Å²) < 4.78 is 10.1. The molecule has 1 aromatic carbocycles. The Bertz CT molecular complexity index is 753. The highest BCUT2D eigenvalue weighted by Gasteiger charge is 2.17. The van der Waals surface area contributed by atoms with Crippen LogP contribution in [0, 0.1) is 0 Å². The number of carbonyl (C=O) groups excluding carboxylic acids is 3. The van der Waals surface area contributed by atoms with Crippen molar-refractivity contribution in [1.29, 1.82) is 0 Å². The third-order valence-corrected chi connectivity index (χ3v) is 3.19. The molecule has 28 heavy (non-hydrogen) atoms. The first-order valence-corrected chi connectivity index (χ1v) is 8.81. The van der Waals surface area contributed by atoms with E-state index in [1.54, 1.807) is 27.7 Å². The van der Waals surface area contributed by atoms with Crippen molar-refractivity contribution in [2.24, 2.45) is 5.16 Å². The molecular weight excluding hydrogens is 366 g/mol. The molecule has 0 aromatic heterocycles. The van der Waals surface area contributed by atoms with Crippen molar-refractivity contribution in [2.45, 2.75) is 46.6 Å². The second kappa shape index (κ2) is 10.3. The zero-order valence-corrected chi connectivity index (χ0v) is 16.8. The summed E-state index contributed by atoms with van der Waals surface area (Å²) >= 11 is 0. The van der Waals surface area contributed by atoms with Gasteiger partial charge in [-0.15, -0.1) is 0 Å². The van der Waals surface area contributed by atoms with E-state index >= 15 is 0 Å². The smallest absolute Gasteiger partial charge is 0.407 e. The molecule has 0 aliphatic carbocycles. The molecule has 9 heteroatoms. The number of hydrogen-bond donors (Lipinski definition) is 2. The van der Waals surface area contributed by atoms with E-state index in [0.717, 1.165) is 0 Å². The number of carbonyl (C=O) groups is 3. The number of anilines is 1. The van der Waals surface area contributed by atoms with Gasteiger partial charge >= 0.3 is 18.0 Å². The van der Waals surface area contributed by atoms with Crippen LogP contribution >= 0.6 is 0 Å². The van der Waals surface area contributed by atoms with Crippen LogP contribution in [0.5, 0.6) is 0 Å². The number of nitrogens with one attached hydrogen (secondary N) is 1. The average molecular weight is 393 g/mol. The van der Waals surface area contributed by atoms with Gasteiger partial charge in [0.1, 0.15) is 5.60 Å². The minimum Gasteiger partial charge on any atom is -0.462 e. The number of esters is 1. The summed E-state index contributed by atoms with van der Waals surface area (Å²) in [4.78, 5) is 39.6. The minimum atomic E-state index is -0.628. The second-order valence-corrected chi connectivity index (χ2v) is 6.82. The van der Waals surface area contributed by atoms with Gasteiger partial charge in [0.15, 0.2) is 0 Å². The first-order chi connectivity index (χ1) is 13.0. The first-order valence-electron chi connectivity index (χ1n) is 8.81. The van der Waals surface area contributed by atoms with E-state index in [-0.39, 0.29) is 30.8 Å². The van der Waals surface area contributed by atoms with Gasteiger partial charge in [-0.2, -0.15) is 0 Å². The van der Waals surface area contributed by atoms with Gasteiger partial charge < -0.3 is 25.4 Å². The van der Waals surface area contributed by atoms with Gasteiger partial charge in [-0.05, 0) is 45.9 Å². The van der Waals surface area contributed by atoms with Crippen molar-refractivity contribution in [2.75, 3.05) is 18.9 Å². The van der Waals surface area contributed by atoms with Crippen LogP contribution < -0.4 is 11.1 Å². The van der Waals surface area contributed by atoms with Crippen LogP contribution in [0.4, 0.5) is 10.5 Å². The van der Waals surface area contributed by atoms with E-state index in [2.05, 4.69) is 10.5 Å². The minimum absolute atomic E-state index is 0.151. The molecule has 9 nitrogen and oxygen atoms in total. The Balaban J connectivity index is 3.00. The van der Waals surface area contributed by atoms with E-state index in [1.165, 1.54) is 25.1 Å². The fourth-order valence-electron chi connectivity index (χ4n) is 2.09. The lowest BCUT2D eigenvalue weighted by Gasteiger charge is -2.19. The van der Waals surface area contributed by atoms with E-state index in [9.17, 15) is 14.4 Å². The van der Waals surface area contributed by atoms with Crippen LogP contribution in [-0.4, -0.2) is 42.5 Å². The number of nitrogen functional groups attached to an aromatic ring is 1. The highest BCUT2D eigenvalue weighted by Crippen LogP contribution is 2.18. The van der Waals surface area contributed by atoms with Gasteiger partial charge in [0.2, 0.25) is 0 Å². The molecule has 0 fully saturated rings. The molecule has 0 bridgehead atoms. The van der Waals surface area contributed by atoms with Crippen molar-refractivity contribution >= 4 is 29.4 Å². The lowest BCUT2D eigenvalue weighted by molar-refractivity contribution is -0.140. The maximum absolute atomic E-state index is 12.0. The summed E-state index contributed by atoms with van der Waals surface area (Å²) in [5.41, 5.74) is 6.67. The zero-order chi connectivity index (χ0) is 21.3. The Kier molecular flexibility index (Phi) is 8.43. The molecule has 0 aliphatic heterocycles. The lowest BCUT2D eigenvalue weighted by atomic mass is 10.0. The monoisotopic (exact) mass is 393 g/mol. The van der Waals surface area contributed by atoms with E-state index in [4.69, 9.17) is 20.0 Å². The summed E-state index contributed by atoms with van der Waals surface area (Å²) in [6, 6.07) is 4.56. The third-order valence-electron chi connectivity index (χ3n) is 3.19. The molecule has 0 atom stereocenters. The van der Waals surface area contributed by atoms with Gasteiger partial charge in [-0.25, -0.2) is 14.4 Å². The molecule has 1 amide bonds. The van der Waals surface area contributed by atoms with Crippen LogP contribution in [0.15, 0.2) is 23.4 Å². The van der Waals surface area contributed by atoms with E-state index in [1.807, 2.05) is 0 Å². The van der Waals surface area contributed by atoms with Gasteiger partial charge in [-0.1, -0.05) is 5.16 Å². The predicted octanol–water partition coefficient (Wildman–Crippen LogP) is 2.63. The molecule has 0 radical (unpaired) electrons. The van der Waals surface area contributed by atoms with Crippen molar-refractivity contribution in [3.63, 3.8) is 0 Å². The molecule has 0 saturated carbocycles. The summed E-state index contributed by atoms with van der Waals surface area (Å²) in [6.45, 7) is 8.54. The Hall–Kier alpha value is -3.10. The molecule has 154 valence electrons. The molecular formula is C19H27N3O6. The standard InChI is InChI=1S/C19H27N3O6/c1-6-26-17(24)13-7-8-15(20)14(11-13)16(22-28-12(2)23)9-10-21-18(25)27-19(3,4)5/h7-8,11H,6,9-10,20H2,1-5H3,(H,21,25). The van der Waals surface area contributed by atoms with Crippen LogP contribution in [0.2, 0.25) is 0 Å². The first kappa shape index (κ1) is 22.9. The van der Waals surface area contributed by atoms with Crippen LogP contribution in [0.1, 0.15) is 57.0 Å². The Morgan fingerprint density at radius 1 is 1.21 bits per heavy atom. The average Bonchev–Trinajstić information content (AvgIpc) is 2.57. The van der Waals surface area contributed by atoms with Crippen LogP contribution in [0.3, 0.4) is 0 Å². The summed E-state index contributed by atoms with van der Waals surface area (Å²) in [7, 11) is 0. The van der Waals surface area contributed by atoms with Crippen molar-refractivity contribution in [1.82, 2.24) is 5.32 Å². The number of benzene rings is 1. The molecule has 0 aliphatic rings. The number of oxime groups is 1. The van der Waals surface area contributed by atoms with E-state index in [0.29, 0.717) is 11.3 Å². The number of alkyl carbamates (subject to hydrolysis) is 1. The van der Waals surface area contributed by atoms with E-state index < -0.39 is 23.6 Å². The topological polar surface area (TPSA) is 129 Å². The largest absolute Gasteiger partial charge is 0.462 e. The molecule has 0 unspecified atom stereocenters. The molecule has 0 spiro atoms. The Labute approximate surface area is 164 Å². The molecule has 3 N–H and O–H groups in total. The number of hydrogen-bond acceptors (Lipinski definition) is 8. The fraction of sp³-hybridized carbons (Fsp3) is 0.474. The zero-order valence-electron chi connectivity index (χ0n) is 16.8. The highest BCUT2D eigenvalue weighted by atomic mass is 16.7. The number of rotatable bonds is 7. The fourth-order valence-corrected chi connectivity index (χ4v) is 2.09. The maximum atomic E-state index is 12.0. The van der Waals surface area contributed by atoms with Crippen molar-refractivity contribution < 1.29 is 28.7 Å². The maximum Gasteiger partial charge on any atom is 0.407 e. The SMILES string of the molecule is CCOC(=O)c1ccc(N)c(C(CCNC(=O)OC(C)(C)C)=NOC(C)=O)c1. The van der Waals surface area contributed by atoms with Crippen LogP contribution in [-0.2, 0) is 19.1 Å². The Morgan fingerprint density at radius 3 is 2.46 bits per heavy atom. The molecule has 1 rings (SSSR count). The molecule has 0 heterocycles. The number of amides is 1. The number of ether oxygens (including phenoxy) is 2. The lowest BCUT2D eigenvalue weighted by Crippen LogP contribution is -2.33. The second-order valence-electron chi connectivity index (χ2n) is 6.82. The van der Waals surface area contributed by atoms with Gasteiger partial charge in [0.25, 0.3) is 0 Å². The molecule has 1 aromatic rings. The third kappa shape index (κ3) is 8.07. The number of nitrogens with zero attached hydrogens (tertiary/aromatic N) is 1.